The normalized spacial score (nSPS) is 20.7. The lowest BCUT2D eigenvalue weighted by atomic mass is 10.2. The van der Waals surface area contributed by atoms with E-state index in [1.165, 1.54) is 12.1 Å². The number of morpholine rings is 1. The van der Waals surface area contributed by atoms with E-state index in [0.717, 1.165) is 26.1 Å². The molecule has 0 aromatic heterocycles. The van der Waals surface area contributed by atoms with Crippen LogP contribution in [0, 0.1) is 11.9 Å². The number of rotatable bonds is 4. The fourth-order valence-corrected chi connectivity index (χ4v) is 1.62. The molecule has 0 saturated carbocycles. The zero-order valence-corrected chi connectivity index (χ0v) is 9.04. The monoisotopic (exact) mass is 224 g/mol. The maximum Gasteiger partial charge on any atom is 0.127 e. The number of benzene rings is 1. The Morgan fingerprint density at radius 3 is 3.25 bits per heavy atom. The Labute approximate surface area is 94.6 Å². The number of hydrogen-bond donors (Lipinski definition) is 1. The molecule has 1 aliphatic rings. The predicted octanol–water partition coefficient (Wildman–Crippen LogP) is 1.38. The maximum absolute atomic E-state index is 12.8. The van der Waals surface area contributed by atoms with E-state index >= 15 is 0 Å². The van der Waals surface area contributed by atoms with Gasteiger partial charge >= 0.3 is 0 Å². The van der Waals surface area contributed by atoms with E-state index in [0.29, 0.717) is 12.4 Å². The van der Waals surface area contributed by atoms with E-state index in [1.807, 2.05) is 0 Å². The van der Waals surface area contributed by atoms with Crippen molar-refractivity contribution in [1.29, 1.82) is 0 Å². The van der Waals surface area contributed by atoms with Crippen LogP contribution in [0.4, 0.5) is 4.39 Å². The fraction of sp³-hybridized carbons (Fsp3) is 0.500. The highest BCUT2D eigenvalue weighted by Crippen LogP contribution is 2.12. The second-order valence-corrected chi connectivity index (χ2v) is 3.72. The van der Waals surface area contributed by atoms with E-state index in [-0.39, 0.29) is 11.9 Å². The summed E-state index contributed by atoms with van der Waals surface area (Å²) in [6, 6.07) is 6.94. The Bertz CT molecular complexity index is 327. The van der Waals surface area contributed by atoms with Gasteiger partial charge in [0.25, 0.3) is 0 Å². The second kappa shape index (κ2) is 5.82. The van der Waals surface area contributed by atoms with Gasteiger partial charge in [0, 0.05) is 25.6 Å². The van der Waals surface area contributed by atoms with Gasteiger partial charge in [-0.25, -0.2) is 4.39 Å². The lowest BCUT2D eigenvalue weighted by Gasteiger charge is -2.23. The number of halogens is 1. The van der Waals surface area contributed by atoms with Gasteiger partial charge in [0.15, 0.2) is 0 Å². The van der Waals surface area contributed by atoms with Crippen LogP contribution in [0.2, 0.25) is 0 Å². The van der Waals surface area contributed by atoms with Crippen LogP contribution in [-0.4, -0.2) is 32.4 Å². The van der Waals surface area contributed by atoms with Gasteiger partial charge in [-0.05, 0) is 18.2 Å². The van der Waals surface area contributed by atoms with Gasteiger partial charge in [-0.1, -0.05) is 0 Å². The molecule has 1 saturated heterocycles. The topological polar surface area (TPSA) is 30.5 Å². The van der Waals surface area contributed by atoms with Crippen molar-refractivity contribution in [2.24, 2.45) is 0 Å². The molecule has 0 spiro atoms. The van der Waals surface area contributed by atoms with Crippen molar-refractivity contribution in [3.8, 4) is 5.75 Å². The van der Waals surface area contributed by atoms with Crippen LogP contribution in [0.5, 0.6) is 5.75 Å². The summed E-state index contributed by atoms with van der Waals surface area (Å²) in [5, 5.41) is 3.25. The first-order valence-corrected chi connectivity index (χ1v) is 5.46. The zero-order chi connectivity index (χ0) is 11.2. The molecule has 1 atom stereocenters. The van der Waals surface area contributed by atoms with Crippen LogP contribution < -0.4 is 10.1 Å². The minimum Gasteiger partial charge on any atom is -0.493 e. The van der Waals surface area contributed by atoms with Crippen molar-refractivity contribution in [1.82, 2.24) is 5.32 Å². The third-order valence-electron chi connectivity index (χ3n) is 2.44. The quantitative estimate of drug-likeness (QED) is 0.838. The molecule has 0 aliphatic carbocycles. The summed E-state index contributed by atoms with van der Waals surface area (Å²) < 4.78 is 23.7. The first-order valence-electron chi connectivity index (χ1n) is 5.46. The Kier molecular flexibility index (Phi) is 4.13. The van der Waals surface area contributed by atoms with E-state index in [1.54, 1.807) is 6.07 Å². The highest BCUT2D eigenvalue weighted by Gasteiger charge is 2.12. The van der Waals surface area contributed by atoms with Crippen molar-refractivity contribution in [2.45, 2.75) is 12.5 Å². The molecule has 1 fully saturated rings. The molecule has 1 heterocycles. The van der Waals surface area contributed by atoms with Gasteiger partial charge in [-0.3, -0.25) is 0 Å². The van der Waals surface area contributed by atoms with E-state index in [4.69, 9.17) is 9.47 Å². The third kappa shape index (κ3) is 3.47. The summed E-state index contributed by atoms with van der Waals surface area (Å²) >= 11 is 0. The molecule has 1 N–H and O–H groups in total. The number of ether oxygens (including phenoxy) is 2. The molecule has 1 aliphatic heterocycles. The SMILES string of the molecule is Fc1c[c]cc(OCCC2CNCCO2)c1. The zero-order valence-electron chi connectivity index (χ0n) is 9.04. The van der Waals surface area contributed by atoms with Gasteiger partial charge in [0.2, 0.25) is 0 Å². The molecule has 1 aromatic rings. The summed E-state index contributed by atoms with van der Waals surface area (Å²) in [5.41, 5.74) is 0. The average molecular weight is 224 g/mol. The van der Waals surface area contributed by atoms with Crippen LogP contribution >= 0.6 is 0 Å². The summed E-state index contributed by atoms with van der Waals surface area (Å²) in [6.07, 6.45) is 1.01. The summed E-state index contributed by atoms with van der Waals surface area (Å²) in [6.45, 7) is 3.05. The first kappa shape index (κ1) is 11.4. The minimum absolute atomic E-state index is 0.200. The predicted molar refractivity (Wildman–Crippen MR) is 58.0 cm³/mol. The Morgan fingerprint density at radius 2 is 2.50 bits per heavy atom. The first-order chi connectivity index (χ1) is 7.84. The largest absolute Gasteiger partial charge is 0.493 e. The van der Waals surface area contributed by atoms with Gasteiger partial charge in [-0.15, -0.1) is 0 Å². The molecule has 16 heavy (non-hydrogen) atoms. The standard InChI is InChI=1S/C12H15FNO2/c13-10-2-1-3-11(8-10)15-6-4-12-9-14-5-7-16-12/h2-3,8,12,14H,4-7,9H2. The van der Waals surface area contributed by atoms with Gasteiger partial charge in [0.05, 0.1) is 19.3 Å². The average Bonchev–Trinajstić information content (AvgIpc) is 2.30. The highest BCUT2D eigenvalue weighted by molar-refractivity contribution is 5.21. The molecule has 0 amide bonds. The molecule has 3 nitrogen and oxygen atoms in total. The lowest BCUT2D eigenvalue weighted by molar-refractivity contribution is 0.0159. The van der Waals surface area contributed by atoms with E-state index < -0.39 is 0 Å². The summed E-state index contributed by atoms with van der Waals surface area (Å²) in [5.74, 6) is 0.192. The molecule has 1 aromatic carbocycles. The Balaban J connectivity index is 1.71. The Hall–Kier alpha value is -1.13. The molecule has 4 heteroatoms. The molecular formula is C12H15FNO2. The molecule has 87 valence electrons. The van der Waals surface area contributed by atoms with Crippen LogP contribution in [0.3, 0.4) is 0 Å². The van der Waals surface area contributed by atoms with Crippen LogP contribution in [-0.2, 0) is 4.74 Å². The van der Waals surface area contributed by atoms with Crippen molar-refractivity contribution in [3.63, 3.8) is 0 Å². The second-order valence-electron chi connectivity index (χ2n) is 3.72. The van der Waals surface area contributed by atoms with Crippen LogP contribution in [0.15, 0.2) is 18.2 Å². The third-order valence-corrected chi connectivity index (χ3v) is 2.44. The molecule has 0 bridgehead atoms. The summed E-state index contributed by atoms with van der Waals surface area (Å²) in [7, 11) is 0. The van der Waals surface area contributed by atoms with Crippen molar-refractivity contribution in [2.75, 3.05) is 26.3 Å². The smallest absolute Gasteiger partial charge is 0.127 e. The Morgan fingerprint density at radius 1 is 1.56 bits per heavy atom. The minimum atomic E-state index is -0.326. The van der Waals surface area contributed by atoms with E-state index in [2.05, 4.69) is 11.4 Å². The molecule has 1 radical (unpaired) electrons. The number of nitrogens with one attached hydrogen (secondary N) is 1. The summed E-state index contributed by atoms with van der Waals surface area (Å²) in [4.78, 5) is 0. The molecule has 1 unspecified atom stereocenters. The van der Waals surface area contributed by atoms with E-state index in [9.17, 15) is 4.39 Å². The molecule has 2 rings (SSSR count). The van der Waals surface area contributed by atoms with Crippen LogP contribution in [0.1, 0.15) is 6.42 Å². The fourth-order valence-electron chi connectivity index (χ4n) is 1.62. The van der Waals surface area contributed by atoms with Gasteiger partial charge in [0.1, 0.15) is 11.6 Å². The molecular weight excluding hydrogens is 209 g/mol. The van der Waals surface area contributed by atoms with Gasteiger partial charge in [-0.2, -0.15) is 0 Å². The maximum atomic E-state index is 12.8. The number of hydrogen-bond acceptors (Lipinski definition) is 3. The highest BCUT2D eigenvalue weighted by atomic mass is 19.1. The van der Waals surface area contributed by atoms with Crippen molar-refractivity contribution >= 4 is 0 Å². The lowest BCUT2D eigenvalue weighted by Crippen LogP contribution is -2.39. The van der Waals surface area contributed by atoms with Crippen LogP contribution in [0.25, 0.3) is 0 Å². The van der Waals surface area contributed by atoms with Crippen molar-refractivity contribution in [3.05, 3.63) is 30.1 Å². The van der Waals surface area contributed by atoms with Gasteiger partial charge < -0.3 is 14.8 Å². The van der Waals surface area contributed by atoms with Crippen molar-refractivity contribution < 1.29 is 13.9 Å².